The Balaban J connectivity index is 3.56. The maximum atomic E-state index is 12.3. The summed E-state index contributed by atoms with van der Waals surface area (Å²) >= 11 is 0. The molecular formula is C42H81NO3. The van der Waals surface area contributed by atoms with Crippen molar-refractivity contribution in [1.29, 1.82) is 0 Å². The molecule has 0 aromatic heterocycles. The van der Waals surface area contributed by atoms with Gasteiger partial charge >= 0.3 is 0 Å². The van der Waals surface area contributed by atoms with E-state index in [1.54, 1.807) is 6.08 Å². The Kier molecular flexibility index (Phi) is 37.4. The third kappa shape index (κ3) is 34.2. The van der Waals surface area contributed by atoms with Crippen molar-refractivity contribution < 1.29 is 15.0 Å². The lowest BCUT2D eigenvalue weighted by atomic mass is 10.0. The van der Waals surface area contributed by atoms with Crippen LogP contribution in [0.3, 0.4) is 0 Å². The molecule has 0 saturated carbocycles. The van der Waals surface area contributed by atoms with Crippen molar-refractivity contribution >= 4 is 5.91 Å². The van der Waals surface area contributed by atoms with Gasteiger partial charge in [-0.3, -0.25) is 4.79 Å². The van der Waals surface area contributed by atoms with Crippen LogP contribution in [0.1, 0.15) is 219 Å². The second-order valence-electron chi connectivity index (χ2n) is 14.1. The van der Waals surface area contributed by atoms with Crippen molar-refractivity contribution in [2.24, 2.45) is 0 Å². The predicted octanol–water partition coefficient (Wildman–Crippen LogP) is 12.5. The molecule has 3 N–H and O–H groups in total. The summed E-state index contributed by atoms with van der Waals surface area (Å²) in [7, 11) is 0. The molecule has 0 rings (SSSR count). The van der Waals surface area contributed by atoms with Crippen LogP contribution < -0.4 is 5.32 Å². The fourth-order valence-corrected chi connectivity index (χ4v) is 6.23. The highest BCUT2D eigenvalue weighted by Gasteiger charge is 2.17. The molecule has 0 aliphatic rings. The molecule has 0 fully saturated rings. The number of allylic oxidation sites excluding steroid dienone is 3. The molecule has 0 aliphatic heterocycles. The molecule has 4 nitrogen and oxygen atoms in total. The van der Waals surface area contributed by atoms with Crippen molar-refractivity contribution in [2.75, 3.05) is 6.61 Å². The number of nitrogens with one attached hydrogen (secondary N) is 1. The van der Waals surface area contributed by atoms with Gasteiger partial charge in [-0.15, -0.1) is 0 Å². The van der Waals surface area contributed by atoms with Crippen LogP contribution >= 0.6 is 0 Å². The summed E-state index contributed by atoms with van der Waals surface area (Å²) in [5, 5.41) is 22.9. The molecule has 0 bridgehead atoms. The summed E-state index contributed by atoms with van der Waals surface area (Å²) in [5.74, 6) is -0.0681. The fraction of sp³-hybridized carbons (Fsp3) is 0.881. The normalized spacial score (nSPS) is 13.2. The van der Waals surface area contributed by atoms with Crippen LogP contribution in [-0.4, -0.2) is 34.9 Å². The lowest BCUT2D eigenvalue weighted by Crippen LogP contribution is -2.45. The molecule has 2 unspecified atom stereocenters. The van der Waals surface area contributed by atoms with Gasteiger partial charge in [0.05, 0.1) is 18.8 Å². The van der Waals surface area contributed by atoms with Gasteiger partial charge in [0.1, 0.15) is 0 Å². The van der Waals surface area contributed by atoms with E-state index in [0.29, 0.717) is 6.42 Å². The molecule has 2 atom stereocenters. The zero-order valence-corrected chi connectivity index (χ0v) is 31.1. The Morgan fingerprint density at radius 3 is 1.20 bits per heavy atom. The number of rotatable bonds is 37. The van der Waals surface area contributed by atoms with Crippen LogP contribution in [0.4, 0.5) is 0 Å². The van der Waals surface area contributed by atoms with Gasteiger partial charge in [0.2, 0.25) is 5.91 Å². The van der Waals surface area contributed by atoms with Gasteiger partial charge in [0.15, 0.2) is 0 Å². The number of carbonyl (C=O) groups excluding carboxylic acids is 1. The van der Waals surface area contributed by atoms with Crippen LogP contribution in [-0.2, 0) is 4.79 Å². The van der Waals surface area contributed by atoms with Gasteiger partial charge in [-0.25, -0.2) is 0 Å². The zero-order chi connectivity index (χ0) is 33.6. The Hall–Kier alpha value is -1.13. The highest BCUT2D eigenvalue weighted by molar-refractivity contribution is 5.76. The van der Waals surface area contributed by atoms with E-state index in [1.165, 1.54) is 173 Å². The quantitative estimate of drug-likeness (QED) is 0.0464. The first kappa shape index (κ1) is 44.9. The lowest BCUT2D eigenvalue weighted by Gasteiger charge is -2.20. The molecule has 46 heavy (non-hydrogen) atoms. The number of unbranched alkanes of at least 4 members (excludes halogenated alkanes) is 28. The van der Waals surface area contributed by atoms with Crippen molar-refractivity contribution in [3.8, 4) is 0 Å². The molecule has 0 spiro atoms. The molecule has 0 radical (unpaired) electrons. The Morgan fingerprint density at radius 1 is 0.500 bits per heavy atom. The molecule has 0 aromatic carbocycles. The SMILES string of the molecule is CCCCCCCCCCCCC=CCCCCCCCCCC(=O)NC(CO)C(O)C=CCCCCCCCCCCCCC. The Labute approximate surface area is 288 Å². The second kappa shape index (κ2) is 38.3. The number of amides is 1. The van der Waals surface area contributed by atoms with Crippen molar-refractivity contribution in [2.45, 2.75) is 231 Å². The number of hydrogen-bond acceptors (Lipinski definition) is 3. The molecule has 0 heterocycles. The second-order valence-corrected chi connectivity index (χ2v) is 14.1. The summed E-state index contributed by atoms with van der Waals surface area (Å²) in [4.78, 5) is 12.3. The minimum absolute atomic E-state index is 0.0681. The summed E-state index contributed by atoms with van der Waals surface area (Å²) in [5.41, 5.74) is 0. The maximum Gasteiger partial charge on any atom is 0.220 e. The summed E-state index contributed by atoms with van der Waals surface area (Å²) in [6.45, 7) is 4.31. The van der Waals surface area contributed by atoms with E-state index in [4.69, 9.17) is 0 Å². The molecule has 4 heteroatoms. The average molecular weight is 648 g/mol. The first-order chi connectivity index (χ1) is 22.7. The maximum absolute atomic E-state index is 12.3. The first-order valence-electron chi connectivity index (χ1n) is 20.6. The van der Waals surface area contributed by atoms with Gasteiger partial charge in [-0.1, -0.05) is 192 Å². The predicted molar refractivity (Wildman–Crippen MR) is 202 cm³/mol. The van der Waals surface area contributed by atoms with E-state index >= 15 is 0 Å². The van der Waals surface area contributed by atoms with E-state index in [-0.39, 0.29) is 12.5 Å². The van der Waals surface area contributed by atoms with Gasteiger partial charge < -0.3 is 15.5 Å². The van der Waals surface area contributed by atoms with Crippen molar-refractivity contribution in [3.05, 3.63) is 24.3 Å². The van der Waals surface area contributed by atoms with Crippen molar-refractivity contribution in [1.82, 2.24) is 5.32 Å². The number of carbonyl (C=O) groups is 1. The van der Waals surface area contributed by atoms with Crippen LogP contribution in [0.2, 0.25) is 0 Å². The summed E-state index contributed by atoms with van der Waals surface area (Å²) < 4.78 is 0. The van der Waals surface area contributed by atoms with Gasteiger partial charge in [0.25, 0.3) is 0 Å². The van der Waals surface area contributed by atoms with Crippen LogP contribution in [0.5, 0.6) is 0 Å². The minimum Gasteiger partial charge on any atom is -0.394 e. The number of aliphatic hydroxyl groups excluding tert-OH is 2. The third-order valence-corrected chi connectivity index (χ3v) is 9.43. The van der Waals surface area contributed by atoms with E-state index in [1.807, 2.05) is 6.08 Å². The lowest BCUT2D eigenvalue weighted by molar-refractivity contribution is -0.123. The standard InChI is InChI=1S/C42H81NO3/c1-3-5-7-9-11-13-15-17-18-19-20-21-22-23-24-26-28-30-32-34-36-38-42(46)43-40(39-44)41(45)37-35-33-31-29-27-25-16-14-12-10-8-6-4-2/h21-22,35,37,40-41,44-45H,3-20,23-34,36,38-39H2,1-2H3,(H,43,46). The highest BCUT2D eigenvalue weighted by atomic mass is 16.3. The molecular weight excluding hydrogens is 566 g/mol. The first-order valence-corrected chi connectivity index (χ1v) is 20.6. The smallest absolute Gasteiger partial charge is 0.220 e. The van der Waals surface area contributed by atoms with Gasteiger partial charge in [-0.05, 0) is 44.9 Å². The fourth-order valence-electron chi connectivity index (χ4n) is 6.23. The Bertz CT molecular complexity index is 661. The van der Waals surface area contributed by atoms with E-state index < -0.39 is 12.1 Å². The molecule has 272 valence electrons. The molecule has 0 aromatic rings. The highest BCUT2D eigenvalue weighted by Crippen LogP contribution is 2.14. The summed E-state index contributed by atoms with van der Waals surface area (Å²) in [6.07, 6.45) is 48.4. The van der Waals surface area contributed by atoms with Gasteiger partial charge in [-0.2, -0.15) is 0 Å². The van der Waals surface area contributed by atoms with Gasteiger partial charge in [0, 0.05) is 6.42 Å². The molecule has 0 aliphatic carbocycles. The van der Waals surface area contributed by atoms with E-state index in [2.05, 4.69) is 31.3 Å². The van der Waals surface area contributed by atoms with Crippen LogP contribution in [0.25, 0.3) is 0 Å². The van der Waals surface area contributed by atoms with E-state index in [9.17, 15) is 15.0 Å². The number of aliphatic hydroxyl groups is 2. The van der Waals surface area contributed by atoms with Crippen LogP contribution in [0.15, 0.2) is 24.3 Å². The molecule has 1 amide bonds. The monoisotopic (exact) mass is 648 g/mol. The molecule has 0 saturated heterocycles. The third-order valence-electron chi connectivity index (χ3n) is 9.43. The minimum atomic E-state index is -0.837. The average Bonchev–Trinajstić information content (AvgIpc) is 3.06. The topological polar surface area (TPSA) is 69.6 Å². The zero-order valence-electron chi connectivity index (χ0n) is 31.1. The largest absolute Gasteiger partial charge is 0.394 e. The number of hydrogen-bond donors (Lipinski definition) is 3. The van der Waals surface area contributed by atoms with Crippen molar-refractivity contribution in [3.63, 3.8) is 0 Å². The Morgan fingerprint density at radius 2 is 0.826 bits per heavy atom. The summed E-state index contributed by atoms with van der Waals surface area (Å²) in [6, 6.07) is -0.620. The van der Waals surface area contributed by atoms with E-state index in [0.717, 1.165) is 25.7 Å². The van der Waals surface area contributed by atoms with Crippen LogP contribution in [0, 0.1) is 0 Å².